The average molecular weight is 445 g/mol. The largest absolute Gasteiger partial charge is 0.452 e. The Hall–Kier alpha value is -3.57. The number of sulfonamides is 1. The van der Waals surface area contributed by atoms with Gasteiger partial charge in [-0.25, -0.2) is 17.9 Å². The molecule has 2 aromatic carbocycles. The van der Waals surface area contributed by atoms with Crippen molar-refractivity contribution in [3.8, 4) is 0 Å². The summed E-state index contributed by atoms with van der Waals surface area (Å²) in [5, 5.41) is 2.49. The van der Waals surface area contributed by atoms with Crippen molar-refractivity contribution in [3.63, 3.8) is 0 Å². The molecule has 1 heterocycles. The number of amides is 3. The Labute approximate surface area is 178 Å². The molecule has 0 bridgehead atoms. The minimum atomic E-state index is -3.64. The monoisotopic (exact) mass is 445 g/mol. The summed E-state index contributed by atoms with van der Waals surface area (Å²) in [6.45, 7) is 1.28. The van der Waals surface area contributed by atoms with Crippen LogP contribution in [0.25, 0.3) is 0 Å². The van der Waals surface area contributed by atoms with Crippen LogP contribution in [-0.2, 0) is 19.6 Å². The van der Waals surface area contributed by atoms with Crippen molar-refractivity contribution in [2.75, 3.05) is 25.5 Å². The van der Waals surface area contributed by atoms with Gasteiger partial charge in [0, 0.05) is 19.3 Å². The smallest absolute Gasteiger partial charge is 0.338 e. The minimum Gasteiger partial charge on any atom is -0.452 e. The number of carbonyl (C=O) groups excluding carboxylic acids is 4. The standard InChI is InChI=1S/C20H19N3O7S/c1-3-21-31(28,29)14-7-4-12(5-8-14)20(27)30-11-17(24)22-13-6-9-15-16(10-13)19(26)23(2)18(15)25/h4-10,21H,3,11H2,1-2H3,(H,22,24). The van der Waals surface area contributed by atoms with Crippen molar-refractivity contribution in [2.24, 2.45) is 0 Å². The van der Waals surface area contributed by atoms with E-state index in [2.05, 4.69) is 10.0 Å². The van der Waals surface area contributed by atoms with Crippen LogP contribution in [0.3, 0.4) is 0 Å². The van der Waals surface area contributed by atoms with E-state index in [0.29, 0.717) is 0 Å². The number of nitrogens with zero attached hydrogens (tertiary/aromatic N) is 1. The molecule has 0 saturated carbocycles. The quantitative estimate of drug-likeness (QED) is 0.479. The third kappa shape index (κ3) is 4.62. The number of hydrogen-bond acceptors (Lipinski definition) is 7. The van der Waals surface area contributed by atoms with E-state index in [1.807, 2.05) is 0 Å². The third-order valence-electron chi connectivity index (χ3n) is 4.44. The molecule has 0 atom stereocenters. The topological polar surface area (TPSA) is 139 Å². The average Bonchev–Trinajstić information content (AvgIpc) is 2.96. The first-order chi connectivity index (χ1) is 14.6. The molecular formula is C20H19N3O7S. The molecule has 162 valence electrons. The summed E-state index contributed by atoms with van der Waals surface area (Å²) in [5.41, 5.74) is 0.772. The van der Waals surface area contributed by atoms with E-state index in [1.165, 1.54) is 49.5 Å². The molecular weight excluding hydrogens is 426 g/mol. The lowest BCUT2D eigenvalue weighted by atomic mass is 10.1. The summed E-state index contributed by atoms with van der Waals surface area (Å²) >= 11 is 0. The molecule has 0 fully saturated rings. The Kier molecular flexibility index (Phi) is 6.18. The number of nitrogens with one attached hydrogen (secondary N) is 2. The molecule has 31 heavy (non-hydrogen) atoms. The SMILES string of the molecule is CCNS(=O)(=O)c1ccc(C(=O)OCC(=O)Nc2ccc3c(c2)C(=O)N(C)C3=O)cc1. The summed E-state index contributed by atoms with van der Waals surface area (Å²) in [6, 6.07) is 9.36. The third-order valence-corrected chi connectivity index (χ3v) is 6.00. The predicted octanol–water partition coefficient (Wildman–Crippen LogP) is 1.01. The van der Waals surface area contributed by atoms with E-state index in [0.717, 1.165) is 4.90 Å². The zero-order valence-corrected chi connectivity index (χ0v) is 17.5. The highest BCUT2D eigenvalue weighted by atomic mass is 32.2. The first-order valence-electron chi connectivity index (χ1n) is 9.17. The maximum atomic E-state index is 12.1. The molecule has 0 spiro atoms. The molecule has 2 aromatic rings. The summed E-state index contributed by atoms with van der Waals surface area (Å²) in [4.78, 5) is 49.1. The second kappa shape index (κ2) is 8.66. The highest BCUT2D eigenvalue weighted by Gasteiger charge is 2.32. The van der Waals surface area contributed by atoms with Gasteiger partial charge in [-0.05, 0) is 42.5 Å². The molecule has 0 aliphatic carbocycles. The number of benzene rings is 2. The van der Waals surface area contributed by atoms with Gasteiger partial charge in [-0.2, -0.15) is 0 Å². The molecule has 10 nitrogen and oxygen atoms in total. The Bertz CT molecular complexity index is 1170. The van der Waals surface area contributed by atoms with Crippen molar-refractivity contribution in [2.45, 2.75) is 11.8 Å². The highest BCUT2D eigenvalue weighted by molar-refractivity contribution is 7.89. The molecule has 0 saturated heterocycles. The summed E-state index contributed by atoms with van der Waals surface area (Å²) in [5.74, 6) is -2.35. The lowest BCUT2D eigenvalue weighted by molar-refractivity contribution is -0.119. The lowest BCUT2D eigenvalue weighted by Crippen LogP contribution is -2.24. The number of rotatable bonds is 7. The number of hydrogen-bond donors (Lipinski definition) is 2. The number of anilines is 1. The van der Waals surface area contributed by atoms with Gasteiger partial charge in [0.15, 0.2) is 6.61 Å². The maximum absolute atomic E-state index is 12.1. The van der Waals surface area contributed by atoms with E-state index in [-0.39, 0.29) is 33.8 Å². The summed E-state index contributed by atoms with van der Waals surface area (Å²) < 4.78 is 31.1. The number of imide groups is 1. The molecule has 3 amide bonds. The Morgan fingerprint density at radius 2 is 1.65 bits per heavy atom. The van der Waals surface area contributed by atoms with Crippen LogP contribution in [0.2, 0.25) is 0 Å². The van der Waals surface area contributed by atoms with Crippen molar-refractivity contribution >= 4 is 39.4 Å². The second-order valence-corrected chi connectivity index (χ2v) is 8.35. The van der Waals surface area contributed by atoms with Crippen molar-refractivity contribution < 1.29 is 32.3 Å². The van der Waals surface area contributed by atoms with Crippen LogP contribution in [0, 0.1) is 0 Å². The molecule has 0 radical (unpaired) electrons. The first kappa shape index (κ1) is 22.1. The van der Waals surface area contributed by atoms with Gasteiger partial charge < -0.3 is 10.1 Å². The van der Waals surface area contributed by atoms with Gasteiger partial charge in [0.2, 0.25) is 10.0 Å². The van der Waals surface area contributed by atoms with Gasteiger partial charge >= 0.3 is 5.97 Å². The van der Waals surface area contributed by atoms with E-state index in [9.17, 15) is 27.6 Å². The van der Waals surface area contributed by atoms with Gasteiger partial charge in [0.25, 0.3) is 17.7 Å². The van der Waals surface area contributed by atoms with Gasteiger partial charge in [-0.1, -0.05) is 6.92 Å². The zero-order valence-electron chi connectivity index (χ0n) is 16.7. The van der Waals surface area contributed by atoms with Crippen LogP contribution in [0.15, 0.2) is 47.4 Å². The van der Waals surface area contributed by atoms with Crippen LogP contribution >= 0.6 is 0 Å². The zero-order chi connectivity index (χ0) is 22.8. The molecule has 11 heteroatoms. The van der Waals surface area contributed by atoms with Crippen LogP contribution in [-0.4, -0.2) is 57.2 Å². The maximum Gasteiger partial charge on any atom is 0.338 e. The minimum absolute atomic E-state index is 0.000994. The van der Waals surface area contributed by atoms with Crippen LogP contribution in [0.1, 0.15) is 38.0 Å². The van der Waals surface area contributed by atoms with Gasteiger partial charge in [-0.3, -0.25) is 19.3 Å². The van der Waals surface area contributed by atoms with Gasteiger partial charge in [0.1, 0.15) is 0 Å². The Morgan fingerprint density at radius 3 is 2.29 bits per heavy atom. The Morgan fingerprint density at radius 1 is 1.00 bits per heavy atom. The summed E-state index contributed by atoms with van der Waals surface area (Å²) in [6.07, 6.45) is 0. The molecule has 2 N–H and O–H groups in total. The van der Waals surface area contributed by atoms with E-state index < -0.39 is 40.3 Å². The van der Waals surface area contributed by atoms with Crippen molar-refractivity contribution in [1.29, 1.82) is 0 Å². The van der Waals surface area contributed by atoms with E-state index in [4.69, 9.17) is 4.74 Å². The fraction of sp³-hybridized carbons (Fsp3) is 0.200. The number of esters is 1. The number of ether oxygens (including phenoxy) is 1. The normalized spacial score (nSPS) is 13.2. The predicted molar refractivity (Wildman–Crippen MR) is 109 cm³/mol. The fourth-order valence-corrected chi connectivity index (χ4v) is 3.94. The van der Waals surface area contributed by atoms with Gasteiger partial charge in [-0.15, -0.1) is 0 Å². The van der Waals surface area contributed by atoms with Crippen molar-refractivity contribution in [1.82, 2.24) is 9.62 Å². The Balaban J connectivity index is 1.59. The number of fused-ring (bicyclic) bond motifs is 1. The molecule has 1 aliphatic heterocycles. The van der Waals surface area contributed by atoms with E-state index in [1.54, 1.807) is 6.92 Å². The lowest BCUT2D eigenvalue weighted by Gasteiger charge is -2.08. The molecule has 0 unspecified atom stereocenters. The second-order valence-electron chi connectivity index (χ2n) is 6.58. The van der Waals surface area contributed by atoms with Crippen molar-refractivity contribution in [3.05, 3.63) is 59.2 Å². The highest BCUT2D eigenvalue weighted by Crippen LogP contribution is 2.24. The van der Waals surface area contributed by atoms with Crippen LogP contribution < -0.4 is 10.0 Å². The first-order valence-corrected chi connectivity index (χ1v) is 10.7. The van der Waals surface area contributed by atoms with E-state index >= 15 is 0 Å². The molecule has 0 aromatic heterocycles. The van der Waals surface area contributed by atoms with Crippen LogP contribution in [0.4, 0.5) is 5.69 Å². The summed E-state index contributed by atoms with van der Waals surface area (Å²) in [7, 11) is -2.28. The van der Waals surface area contributed by atoms with Crippen LogP contribution in [0.5, 0.6) is 0 Å². The number of carbonyl (C=O) groups is 4. The molecule has 3 rings (SSSR count). The molecule has 1 aliphatic rings. The fourth-order valence-electron chi connectivity index (χ4n) is 2.89. The van der Waals surface area contributed by atoms with Gasteiger partial charge in [0.05, 0.1) is 21.6 Å².